The zero-order valence-corrected chi connectivity index (χ0v) is 12.0. The summed E-state index contributed by atoms with van der Waals surface area (Å²) in [6.07, 6.45) is 0. The first-order valence-electron chi connectivity index (χ1n) is 5.87. The predicted molar refractivity (Wildman–Crippen MR) is 70.6 cm³/mol. The van der Waals surface area contributed by atoms with Gasteiger partial charge in [-0.3, -0.25) is 0 Å². The Morgan fingerprint density at radius 2 is 2.00 bits per heavy atom. The van der Waals surface area contributed by atoms with Crippen molar-refractivity contribution in [2.75, 3.05) is 6.54 Å². The highest BCUT2D eigenvalue weighted by Crippen LogP contribution is 2.22. The number of hydrogen-bond donors (Lipinski definition) is 0. The molecule has 1 aromatic rings. The number of benzene rings is 1. The van der Waals surface area contributed by atoms with Crippen LogP contribution in [0.1, 0.15) is 31.9 Å². The molecule has 0 bridgehead atoms. The first-order chi connectivity index (χ1) is 8.34. The van der Waals surface area contributed by atoms with Gasteiger partial charge in [0, 0.05) is 12.6 Å². The fourth-order valence-corrected chi connectivity index (χ4v) is 3.80. The average Bonchev–Trinajstić information content (AvgIpc) is 2.28. The van der Waals surface area contributed by atoms with Gasteiger partial charge in [-0.25, -0.2) is 8.42 Å². The number of sulfonamides is 1. The third-order valence-electron chi connectivity index (χ3n) is 2.78. The van der Waals surface area contributed by atoms with Gasteiger partial charge in [0.25, 0.3) is 0 Å². The average molecular weight is 266 g/mol. The highest BCUT2D eigenvalue weighted by Gasteiger charge is 2.26. The summed E-state index contributed by atoms with van der Waals surface area (Å²) in [4.78, 5) is 0.275. The summed E-state index contributed by atoms with van der Waals surface area (Å²) >= 11 is 0. The van der Waals surface area contributed by atoms with E-state index in [9.17, 15) is 8.42 Å². The van der Waals surface area contributed by atoms with Gasteiger partial charge < -0.3 is 0 Å². The lowest BCUT2D eigenvalue weighted by atomic mass is 10.2. The minimum Gasteiger partial charge on any atom is -0.207 e. The summed E-state index contributed by atoms with van der Waals surface area (Å²) in [6.45, 7) is 7.65. The maximum atomic E-state index is 12.5. The third kappa shape index (κ3) is 2.71. The lowest BCUT2D eigenvalue weighted by Gasteiger charge is -2.25. The summed E-state index contributed by atoms with van der Waals surface area (Å²) in [7, 11) is -3.48. The Kier molecular flexibility index (Phi) is 4.49. The van der Waals surface area contributed by atoms with Crippen molar-refractivity contribution in [3.05, 3.63) is 29.3 Å². The van der Waals surface area contributed by atoms with Crippen LogP contribution in [-0.4, -0.2) is 25.3 Å². The van der Waals surface area contributed by atoms with E-state index in [0.717, 1.165) is 0 Å². The van der Waals surface area contributed by atoms with Crippen molar-refractivity contribution >= 4 is 10.0 Å². The lowest BCUT2D eigenvalue weighted by molar-refractivity contribution is 0.369. The summed E-state index contributed by atoms with van der Waals surface area (Å²) < 4.78 is 26.4. The molecule has 1 aromatic carbocycles. The molecule has 98 valence electrons. The van der Waals surface area contributed by atoms with Crippen molar-refractivity contribution in [3.63, 3.8) is 0 Å². The standard InChI is InChI=1S/C13H18N2O2S/c1-5-15(10(2)3)18(16,17)13-7-6-12(9-14)8-11(13)4/h6-8,10H,5H2,1-4H3. The predicted octanol–water partition coefficient (Wildman–Crippen LogP) is 2.29. The number of nitriles is 1. The molecule has 0 aliphatic rings. The van der Waals surface area contributed by atoms with Gasteiger partial charge in [0.15, 0.2) is 0 Å². The Hall–Kier alpha value is -1.38. The van der Waals surface area contributed by atoms with Crippen molar-refractivity contribution in [1.82, 2.24) is 4.31 Å². The zero-order chi connectivity index (χ0) is 13.9. The van der Waals surface area contributed by atoms with E-state index in [1.54, 1.807) is 13.0 Å². The number of hydrogen-bond acceptors (Lipinski definition) is 3. The smallest absolute Gasteiger partial charge is 0.207 e. The number of aryl methyl sites for hydroxylation is 1. The summed E-state index contributed by atoms with van der Waals surface area (Å²) in [5.41, 5.74) is 1.08. The van der Waals surface area contributed by atoms with Crippen LogP contribution in [0.2, 0.25) is 0 Å². The van der Waals surface area contributed by atoms with Crippen LogP contribution in [0.5, 0.6) is 0 Å². The topological polar surface area (TPSA) is 61.2 Å². The van der Waals surface area contributed by atoms with E-state index in [4.69, 9.17) is 5.26 Å². The van der Waals surface area contributed by atoms with Gasteiger partial charge in [0.05, 0.1) is 16.5 Å². The molecule has 0 atom stereocenters. The molecular formula is C13H18N2O2S. The second-order valence-corrected chi connectivity index (χ2v) is 6.25. The van der Waals surface area contributed by atoms with E-state index in [1.165, 1.54) is 16.4 Å². The van der Waals surface area contributed by atoms with E-state index in [-0.39, 0.29) is 10.9 Å². The quantitative estimate of drug-likeness (QED) is 0.840. The molecule has 0 radical (unpaired) electrons. The van der Waals surface area contributed by atoms with Gasteiger partial charge in [0.1, 0.15) is 0 Å². The van der Waals surface area contributed by atoms with Crippen LogP contribution in [0.3, 0.4) is 0 Å². The summed E-state index contributed by atoms with van der Waals surface area (Å²) in [5, 5.41) is 8.79. The SMILES string of the molecule is CCN(C(C)C)S(=O)(=O)c1ccc(C#N)cc1C. The fourth-order valence-electron chi connectivity index (χ4n) is 1.95. The van der Waals surface area contributed by atoms with Crippen molar-refractivity contribution in [1.29, 1.82) is 5.26 Å². The maximum Gasteiger partial charge on any atom is 0.243 e. The number of rotatable bonds is 4. The van der Waals surface area contributed by atoms with Crippen molar-refractivity contribution in [3.8, 4) is 6.07 Å². The van der Waals surface area contributed by atoms with Gasteiger partial charge >= 0.3 is 0 Å². The van der Waals surface area contributed by atoms with Crippen LogP contribution in [0.4, 0.5) is 0 Å². The first-order valence-corrected chi connectivity index (χ1v) is 7.31. The highest BCUT2D eigenvalue weighted by atomic mass is 32.2. The Bertz CT molecular complexity index is 571. The maximum absolute atomic E-state index is 12.5. The third-order valence-corrected chi connectivity index (χ3v) is 5.09. The van der Waals surface area contributed by atoms with Crippen LogP contribution in [-0.2, 0) is 10.0 Å². The van der Waals surface area contributed by atoms with Crippen LogP contribution < -0.4 is 0 Å². The van der Waals surface area contributed by atoms with E-state index in [1.807, 2.05) is 26.8 Å². The van der Waals surface area contributed by atoms with Crippen molar-refractivity contribution < 1.29 is 8.42 Å². The molecule has 0 aliphatic heterocycles. The second-order valence-electron chi connectivity index (χ2n) is 4.39. The molecule has 0 aliphatic carbocycles. The van der Waals surface area contributed by atoms with Gasteiger partial charge in [-0.05, 0) is 44.5 Å². The fraction of sp³-hybridized carbons (Fsp3) is 0.462. The Labute approximate surface area is 109 Å². The molecule has 4 nitrogen and oxygen atoms in total. The molecule has 0 N–H and O–H groups in total. The minimum absolute atomic E-state index is 0.0879. The minimum atomic E-state index is -3.48. The Morgan fingerprint density at radius 1 is 1.39 bits per heavy atom. The molecule has 0 saturated heterocycles. The van der Waals surface area contributed by atoms with Gasteiger partial charge in [0.2, 0.25) is 10.0 Å². The van der Waals surface area contributed by atoms with E-state index in [2.05, 4.69) is 0 Å². The molecule has 0 spiro atoms. The molecule has 0 unspecified atom stereocenters. The molecule has 0 aromatic heterocycles. The van der Waals surface area contributed by atoms with E-state index < -0.39 is 10.0 Å². The largest absolute Gasteiger partial charge is 0.243 e. The van der Waals surface area contributed by atoms with Crippen LogP contribution in [0, 0.1) is 18.3 Å². The van der Waals surface area contributed by atoms with Crippen molar-refractivity contribution in [2.45, 2.75) is 38.6 Å². The zero-order valence-electron chi connectivity index (χ0n) is 11.1. The monoisotopic (exact) mass is 266 g/mol. The Morgan fingerprint density at radius 3 is 2.39 bits per heavy atom. The summed E-state index contributed by atoms with van der Waals surface area (Å²) in [6, 6.07) is 6.56. The van der Waals surface area contributed by atoms with Gasteiger partial charge in [-0.1, -0.05) is 6.92 Å². The van der Waals surface area contributed by atoms with Gasteiger partial charge in [-0.2, -0.15) is 9.57 Å². The second kappa shape index (κ2) is 5.51. The highest BCUT2D eigenvalue weighted by molar-refractivity contribution is 7.89. The van der Waals surface area contributed by atoms with E-state index >= 15 is 0 Å². The van der Waals surface area contributed by atoms with Crippen LogP contribution in [0.25, 0.3) is 0 Å². The molecule has 0 amide bonds. The molecule has 5 heteroatoms. The van der Waals surface area contributed by atoms with Crippen LogP contribution in [0.15, 0.2) is 23.1 Å². The van der Waals surface area contributed by atoms with Crippen molar-refractivity contribution in [2.24, 2.45) is 0 Å². The molecule has 0 saturated carbocycles. The molecule has 0 heterocycles. The van der Waals surface area contributed by atoms with Crippen LogP contribution >= 0.6 is 0 Å². The molecule has 0 fully saturated rings. The molecule has 18 heavy (non-hydrogen) atoms. The molecular weight excluding hydrogens is 248 g/mol. The van der Waals surface area contributed by atoms with E-state index in [0.29, 0.717) is 17.7 Å². The Balaban J connectivity index is 3.33. The lowest BCUT2D eigenvalue weighted by Crippen LogP contribution is -2.37. The molecule has 1 rings (SSSR count). The number of nitrogens with zero attached hydrogens (tertiary/aromatic N) is 2. The first kappa shape index (κ1) is 14.7. The summed E-state index contributed by atoms with van der Waals surface area (Å²) in [5.74, 6) is 0. The normalized spacial score (nSPS) is 11.8. The van der Waals surface area contributed by atoms with Gasteiger partial charge in [-0.15, -0.1) is 0 Å².